The first-order valence-electron chi connectivity index (χ1n) is 19.0. The maximum absolute atomic E-state index is 7.17. The Morgan fingerprint density at radius 1 is 0.400 bits per heavy atom. The lowest BCUT2D eigenvalue weighted by molar-refractivity contribution is 0.472. The highest BCUT2D eigenvalue weighted by atomic mass is 16.5. The summed E-state index contributed by atoms with van der Waals surface area (Å²) >= 11 is 0. The Labute approximate surface area is 317 Å². The van der Waals surface area contributed by atoms with Crippen LogP contribution in [0.4, 0.5) is 51.2 Å². The number of anilines is 9. The summed E-state index contributed by atoms with van der Waals surface area (Å²) in [5, 5.41) is 2.17. The van der Waals surface area contributed by atoms with Gasteiger partial charge in [0, 0.05) is 50.6 Å². The molecule has 5 aliphatic heterocycles. The van der Waals surface area contributed by atoms with E-state index >= 15 is 0 Å². The van der Waals surface area contributed by atoms with Crippen LogP contribution in [0.25, 0.3) is 21.9 Å². The number of fused-ring (bicyclic) bond motifs is 10. The van der Waals surface area contributed by atoms with Crippen LogP contribution in [0.1, 0.15) is 0 Å². The van der Waals surface area contributed by atoms with Crippen molar-refractivity contribution in [2.45, 2.75) is 0 Å². The third-order valence-electron chi connectivity index (χ3n) is 12.6. The molecule has 0 aliphatic carbocycles. The van der Waals surface area contributed by atoms with E-state index in [0.717, 1.165) is 56.2 Å². The lowest BCUT2D eigenvalue weighted by Gasteiger charge is -2.52. The molecule has 55 heavy (non-hydrogen) atoms. The van der Waals surface area contributed by atoms with Gasteiger partial charge in [0.15, 0.2) is 17.1 Å². The second kappa shape index (κ2) is 9.90. The fourth-order valence-electron chi connectivity index (χ4n) is 10.6. The van der Waals surface area contributed by atoms with Crippen LogP contribution in [0.5, 0.6) is 11.5 Å². The fourth-order valence-corrected chi connectivity index (χ4v) is 10.6. The molecule has 8 aromatic carbocycles. The van der Waals surface area contributed by atoms with Crippen LogP contribution < -0.4 is 52.2 Å². The van der Waals surface area contributed by atoms with E-state index in [9.17, 15) is 0 Å². The summed E-state index contributed by atoms with van der Waals surface area (Å²) in [6.07, 6.45) is 0. The molecule has 9 aromatic rings. The van der Waals surface area contributed by atoms with Crippen LogP contribution in [0.3, 0.4) is 0 Å². The van der Waals surface area contributed by atoms with Crippen molar-refractivity contribution in [2.24, 2.45) is 0 Å². The smallest absolute Gasteiger partial charge is 0.252 e. The van der Waals surface area contributed by atoms with E-state index in [4.69, 9.17) is 9.15 Å². The predicted molar refractivity (Wildman–Crippen MR) is 227 cm³/mol. The van der Waals surface area contributed by atoms with E-state index in [1.807, 2.05) is 6.07 Å². The summed E-state index contributed by atoms with van der Waals surface area (Å²) in [4.78, 5) is 7.55. The number of hydrogen-bond donors (Lipinski definition) is 0. The Balaban J connectivity index is 1.21. The first-order chi connectivity index (χ1) is 27.3. The van der Waals surface area contributed by atoms with E-state index in [1.54, 1.807) is 0 Å². The lowest BCUT2D eigenvalue weighted by Crippen LogP contribution is -2.69. The zero-order valence-corrected chi connectivity index (χ0v) is 29.4. The second-order valence-corrected chi connectivity index (χ2v) is 15.2. The third-order valence-corrected chi connectivity index (χ3v) is 12.6. The van der Waals surface area contributed by atoms with Crippen LogP contribution in [0.2, 0.25) is 0 Å². The van der Waals surface area contributed by atoms with Gasteiger partial charge in [-0.15, -0.1) is 0 Å². The molecular weight excluding hydrogens is 672 g/mol. The van der Waals surface area contributed by atoms with E-state index in [-0.39, 0.29) is 13.4 Å². The summed E-state index contributed by atoms with van der Waals surface area (Å²) in [5.41, 5.74) is 19.9. The van der Waals surface area contributed by atoms with Crippen LogP contribution in [0.15, 0.2) is 168 Å². The minimum atomic E-state index is -0.0482. The summed E-state index contributed by atoms with van der Waals surface area (Å²) in [5.74, 6) is 1.64. The van der Waals surface area contributed by atoms with Gasteiger partial charge in [0.05, 0.1) is 11.4 Å². The quantitative estimate of drug-likeness (QED) is 0.169. The maximum Gasteiger partial charge on any atom is 0.252 e. The van der Waals surface area contributed by atoms with E-state index in [0.29, 0.717) is 0 Å². The number of benzene rings is 8. The van der Waals surface area contributed by atoms with E-state index in [2.05, 4.69) is 172 Å². The number of ether oxygens (including phenoxy) is 1. The summed E-state index contributed by atoms with van der Waals surface area (Å²) in [6.45, 7) is -0.0461. The molecule has 0 atom stereocenters. The molecule has 0 spiro atoms. The summed E-state index contributed by atoms with van der Waals surface area (Å²) in [6, 6.07) is 59.6. The molecule has 0 amide bonds. The topological polar surface area (TPSA) is 32.1 Å². The predicted octanol–water partition coefficient (Wildman–Crippen LogP) is 8.39. The molecule has 0 bridgehead atoms. The van der Waals surface area contributed by atoms with Gasteiger partial charge in [0.25, 0.3) is 13.4 Å². The molecule has 0 saturated heterocycles. The van der Waals surface area contributed by atoms with Crippen molar-refractivity contribution in [1.29, 1.82) is 0 Å². The highest BCUT2D eigenvalue weighted by Gasteiger charge is 2.54. The Morgan fingerprint density at radius 3 is 1.67 bits per heavy atom. The monoisotopic (exact) mass is 699 g/mol. The van der Waals surface area contributed by atoms with Crippen molar-refractivity contribution in [3.63, 3.8) is 0 Å². The zero-order valence-electron chi connectivity index (χ0n) is 29.4. The maximum atomic E-state index is 7.17. The minimum absolute atomic E-state index is 0.00212. The zero-order chi connectivity index (χ0) is 35.5. The Hall–Kier alpha value is -7.11. The molecule has 252 valence electrons. The Kier molecular flexibility index (Phi) is 5.11. The first-order valence-corrected chi connectivity index (χ1v) is 19.0. The number of nitrogens with zero attached hydrogens (tertiary/aromatic N) is 3. The molecule has 14 rings (SSSR count). The number of para-hydroxylation sites is 6. The molecule has 0 unspecified atom stereocenters. The highest BCUT2D eigenvalue weighted by molar-refractivity contribution is 7.05. The van der Waals surface area contributed by atoms with Gasteiger partial charge < -0.3 is 23.9 Å². The summed E-state index contributed by atoms with van der Waals surface area (Å²) < 4.78 is 13.9. The van der Waals surface area contributed by atoms with Gasteiger partial charge >= 0.3 is 0 Å². The molecule has 6 heterocycles. The second-order valence-electron chi connectivity index (χ2n) is 15.2. The van der Waals surface area contributed by atoms with Crippen LogP contribution in [-0.2, 0) is 0 Å². The van der Waals surface area contributed by atoms with Gasteiger partial charge in [-0.2, -0.15) is 0 Å². The number of furan rings is 1. The van der Waals surface area contributed by atoms with Crippen molar-refractivity contribution in [3.05, 3.63) is 164 Å². The molecule has 5 nitrogen and oxygen atoms in total. The molecule has 0 N–H and O–H groups in total. The van der Waals surface area contributed by atoms with Gasteiger partial charge in [-0.1, -0.05) is 109 Å². The Morgan fingerprint density at radius 2 is 0.982 bits per heavy atom. The molecule has 1 aromatic heterocycles. The standard InChI is InChI=1S/C48H27B2N3O2/c1-3-14-28(15-4-1)51-36-22-10-8-19-32(36)49-34-21-13-25-41-44(34)53-45-35(26-31-30-18-7-12-24-40(30)54-47(31)48(45)55-41)50-33-20-9-11-23-37(33)52(29-16-5-2-6-17-29)39-27-38(51)42(49)46(53)43(39)50/h1-27H. The lowest BCUT2D eigenvalue weighted by atomic mass is 9.28. The van der Waals surface area contributed by atoms with Crippen LogP contribution in [0, 0.1) is 0 Å². The normalized spacial score (nSPS) is 14.5. The molecule has 5 aliphatic rings. The van der Waals surface area contributed by atoms with Crippen molar-refractivity contribution in [2.75, 3.05) is 14.7 Å². The first kappa shape index (κ1) is 28.4. The SMILES string of the molecule is c1ccc(N2c3ccccc3B3c4cccc5c4N4c6c3c2cc2c6B(c3ccccc3N2c2ccccc2)c2cc3c(oc6ccccc63)c(c24)O5)cc1. The highest BCUT2D eigenvalue weighted by Crippen LogP contribution is 2.57. The van der Waals surface area contributed by atoms with Gasteiger partial charge in [-0.25, -0.2) is 0 Å². The molecule has 0 saturated carbocycles. The van der Waals surface area contributed by atoms with Gasteiger partial charge in [0.2, 0.25) is 0 Å². The number of hydrogen-bond acceptors (Lipinski definition) is 5. The molecule has 0 fully saturated rings. The van der Waals surface area contributed by atoms with Gasteiger partial charge in [-0.05, 0) is 87.4 Å². The summed E-state index contributed by atoms with van der Waals surface area (Å²) in [7, 11) is 0. The van der Waals surface area contributed by atoms with Crippen LogP contribution >= 0.6 is 0 Å². The van der Waals surface area contributed by atoms with Crippen molar-refractivity contribution < 1.29 is 9.15 Å². The van der Waals surface area contributed by atoms with Gasteiger partial charge in [-0.3, -0.25) is 0 Å². The fraction of sp³-hybridized carbons (Fsp3) is 0. The molecule has 0 radical (unpaired) electrons. The van der Waals surface area contributed by atoms with Crippen molar-refractivity contribution in [3.8, 4) is 11.5 Å². The third kappa shape index (κ3) is 3.35. The average molecular weight is 699 g/mol. The Bertz CT molecular complexity index is 3180. The minimum Gasteiger partial charge on any atom is -0.452 e. The van der Waals surface area contributed by atoms with Crippen molar-refractivity contribution >= 4 is 119 Å². The number of rotatable bonds is 2. The largest absolute Gasteiger partial charge is 0.452 e. The molecule has 7 heteroatoms. The average Bonchev–Trinajstić information content (AvgIpc) is 3.62. The van der Waals surface area contributed by atoms with Crippen LogP contribution in [-0.4, -0.2) is 13.4 Å². The van der Waals surface area contributed by atoms with E-state index < -0.39 is 0 Å². The van der Waals surface area contributed by atoms with Crippen molar-refractivity contribution in [1.82, 2.24) is 0 Å². The van der Waals surface area contributed by atoms with E-state index in [1.165, 1.54) is 61.2 Å². The van der Waals surface area contributed by atoms with Gasteiger partial charge in [0.1, 0.15) is 5.58 Å². The molecular formula is C48H27B2N3O2.